The van der Waals surface area contributed by atoms with Crippen LogP contribution in [0.4, 0.5) is 0 Å². The fraction of sp³-hybridized carbons (Fsp3) is 0.375. The number of methoxy groups -OCH3 is 2. The third-order valence-corrected chi connectivity index (χ3v) is 2.92. The first kappa shape index (κ1) is 17.6. The number of hydrogen-bond donors (Lipinski definition) is 0. The van der Waals surface area contributed by atoms with Gasteiger partial charge in [0, 0.05) is 31.8 Å². The number of amides is 1. The third kappa shape index (κ3) is 4.80. The van der Waals surface area contributed by atoms with Crippen LogP contribution in [0.25, 0.3) is 6.08 Å². The van der Waals surface area contributed by atoms with Gasteiger partial charge in [-0.2, -0.15) is 0 Å². The van der Waals surface area contributed by atoms with Crippen molar-refractivity contribution in [3.8, 4) is 11.5 Å². The molecule has 0 saturated carbocycles. The minimum absolute atomic E-state index is 0.274. The van der Waals surface area contributed by atoms with Crippen LogP contribution < -0.4 is 9.47 Å². The largest absolute Gasteiger partial charge is 0.497 e. The summed E-state index contributed by atoms with van der Waals surface area (Å²) in [4.78, 5) is 24.7. The summed E-state index contributed by atoms with van der Waals surface area (Å²) in [5.74, 6) is 0.354. The van der Waals surface area contributed by atoms with Crippen LogP contribution in [0.1, 0.15) is 12.5 Å². The zero-order valence-corrected chi connectivity index (χ0v) is 13.5. The molecule has 1 aromatic carbocycles. The van der Waals surface area contributed by atoms with E-state index in [0.29, 0.717) is 17.1 Å². The lowest BCUT2D eigenvalue weighted by Gasteiger charge is -2.16. The van der Waals surface area contributed by atoms with E-state index in [4.69, 9.17) is 14.2 Å². The van der Waals surface area contributed by atoms with Crippen molar-refractivity contribution in [3.05, 3.63) is 29.8 Å². The second-order valence-corrected chi connectivity index (χ2v) is 4.75. The van der Waals surface area contributed by atoms with Crippen LogP contribution in [0.2, 0.25) is 0 Å². The second-order valence-electron chi connectivity index (χ2n) is 4.75. The van der Waals surface area contributed by atoms with Gasteiger partial charge in [0.1, 0.15) is 11.5 Å². The van der Waals surface area contributed by atoms with Gasteiger partial charge in [0.2, 0.25) is 0 Å². The Morgan fingerprint density at radius 1 is 1.18 bits per heavy atom. The van der Waals surface area contributed by atoms with Gasteiger partial charge in [0.15, 0.2) is 6.10 Å². The summed E-state index contributed by atoms with van der Waals surface area (Å²) < 4.78 is 15.4. The van der Waals surface area contributed by atoms with E-state index in [0.717, 1.165) is 0 Å². The lowest BCUT2D eigenvalue weighted by Crippen LogP contribution is -2.34. The zero-order chi connectivity index (χ0) is 16.7. The summed E-state index contributed by atoms with van der Waals surface area (Å²) in [7, 11) is 6.29. The third-order valence-electron chi connectivity index (χ3n) is 2.92. The summed E-state index contributed by atoms with van der Waals surface area (Å²) >= 11 is 0. The number of carbonyl (C=O) groups excluding carboxylic acids is 2. The average Bonchev–Trinajstić information content (AvgIpc) is 2.51. The molecule has 6 heteroatoms. The van der Waals surface area contributed by atoms with Gasteiger partial charge in [-0.05, 0) is 25.1 Å². The number of hydrogen-bond acceptors (Lipinski definition) is 5. The maximum absolute atomic E-state index is 11.7. The first-order chi connectivity index (χ1) is 10.4. The minimum Gasteiger partial charge on any atom is -0.497 e. The van der Waals surface area contributed by atoms with Crippen LogP contribution in [0.3, 0.4) is 0 Å². The molecular formula is C16H21NO5. The van der Waals surface area contributed by atoms with Crippen molar-refractivity contribution in [1.29, 1.82) is 0 Å². The Kier molecular flexibility index (Phi) is 6.44. The number of ether oxygens (including phenoxy) is 3. The van der Waals surface area contributed by atoms with Gasteiger partial charge < -0.3 is 19.1 Å². The van der Waals surface area contributed by atoms with Gasteiger partial charge in [0.05, 0.1) is 14.2 Å². The van der Waals surface area contributed by atoms with Crippen LogP contribution in [-0.4, -0.2) is 51.2 Å². The van der Waals surface area contributed by atoms with Gasteiger partial charge >= 0.3 is 5.97 Å². The summed E-state index contributed by atoms with van der Waals surface area (Å²) in [6.07, 6.45) is 1.99. The molecule has 0 aliphatic carbocycles. The normalized spacial score (nSPS) is 11.9. The van der Waals surface area contributed by atoms with Crippen molar-refractivity contribution in [2.24, 2.45) is 0 Å². The molecule has 0 aliphatic rings. The summed E-state index contributed by atoms with van der Waals surface area (Å²) in [5, 5.41) is 0. The standard InChI is InChI=1S/C16H21NO5/c1-11(16(19)17(2)3)22-15(18)9-7-12-6-8-13(20-4)10-14(12)21-5/h6-11H,1-5H3/b9-7+/t11-/m0/s1. The number of carbonyl (C=O) groups is 2. The quantitative estimate of drug-likeness (QED) is 0.591. The number of rotatable bonds is 6. The molecule has 120 valence electrons. The topological polar surface area (TPSA) is 65.1 Å². The Labute approximate surface area is 130 Å². The van der Waals surface area contributed by atoms with Crippen molar-refractivity contribution in [3.63, 3.8) is 0 Å². The molecule has 0 N–H and O–H groups in total. The van der Waals surface area contributed by atoms with E-state index < -0.39 is 12.1 Å². The monoisotopic (exact) mass is 307 g/mol. The Balaban J connectivity index is 2.76. The fourth-order valence-electron chi connectivity index (χ4n) is 1.74. The van der Waals surface area contributed by atoms with Crippen molar-refractivity contribution < 1.29 is 23.8 Å². The Morgan fingerprint density at radius 2 is 1.86 bits per heavy atom. The van der Waals surface area contributed by atoms with Crippen LogP contribution in [-0.2, 0) is 14.3 Å². The van der Waals surface area contributed by atoms with Crippen LogP contribution in [0, 0.1) is 0 Å². The molecule has 0 radical (unpaired) electrons. The predicted molar refractivity (Wildman–Crippen MR) is 82.8 cm³/mol. The van der Waals surface area contributed by atoms with E-state index in [-0.39, 0.29) is 5.91 Å². The number of benzene rings is 1. The fourth-order valence-corrected chi connectivity index (χ4v) is 1.74. The second kappa shape index (κ2) is 8.07. The maximum Gasteiger partial charge on any atom is 0.331 e. The lowest BCUT2D eigenvalue weighted by atomic mass is 10.1. The highest BCUT2D eigenvalue weighted by atomic mass is 16.5. The van der Waals surface area contributed by atoms with E-state index in [1.807, 2.05) is 0 Å². The number of likely N-dealkylation sites (N-methyl/N-ethyl adjacent to an activating group) is 1. The summed E-state index contributed by atoms with van der Waals surface area (Å²) in [6, 6.07) is 5.23. The summed E-state index contributed by atoms with van der Waals surface area (Å²) in [6.45, 7) is 1.53. The molecule has 0 aliphatic heterocycles. The molecule has 1 aromatic rings. The maximum atomic E-state index is 11.7. The molecule has 0 bridgehead atoms. The van der Waals surface area contributed by atoms with E-state index in [2.05, 4.69) is 0 Å². The minimum atomic E-state index is -0.829. The SMILES string of the molecule is COc1ccc(/C=C/C(=O)O[C@@H](C)C(=O)N(C)C)c(OC)c1. The molecule has 6 nitrogen and oxygen atoms in total. The van der Waals surface area contributed by atoms with Crippen LogP contribution in [0.5, 0.6) is 11.5 Å². The zero-order valence-electron chi connectivity index (χ0n) is 13.5. The van der Waals surface area contributed by atoms with E-state index in [9.17, 15) is 9.59 Å². The van der Waals surface area contributed by atoms with Gasteiger partial charge in [-0.1, -0.05) is 0 Å². The average molecular weight is 307 g/mol. The van der Waals surface area contributed by atoms with Gasteiger partial charge in [-0.25, -0.2) is 4.79 Å². The van der Waals surface area contributed by atoms with E-state index in [1.165, 1.54) is 25.0 Å². The molecule has 0 heterocycles. The van der Waals surface area contributed by atoms with E-state index >= 15 is 0 Å². The van der Waals surface area contributed by atoms with Crippen LogP contribution in [0.15, 0.2) is 24.3 Å². The highest BCUT2D eigenvalue weighted by Crippen LogP contribution is 2.25. The number of esters is 1. The van der Waals surface area contributed by atoms with Crippen molar-refractivity contribution in [2.75, 3.05) is 28.3 Å². The highest BCUT2D eigenvalue weighted by molar-refractivity contribution is 5.90. The first-order valence-electron chi connectivity index (χ1n) is 6.71. The number of nitrogens with zero attached hydrogens (tertiary/aromatic N) is 1. The molecular weight excluding hydrogens is 286 g/mol. The molecule has 0 unspecified atom stereocenters. The molecule has 1 rings (SSSR count). The summed E-state index contributed by atoms with van der Waals surface area (Å²) in [5.41, 5.74) is 0.701. The molecule has 22 heavy (non-hydrogen) atoms. The van der Waals surface area contributed by atoms with Gasteiger partial charge in [0.25, 0.3) is 5.91 Å². The van der Waals surface area contributed by atoms with Crippen molar-refractivity contribution in [2.45, 2.75) is 13.0 Å². The Bertz CT molecular complexity index is 566. The highest BCUT2D eigenvalue weighted by Gasteiger charge is 2.18. The van der Waals surface area contributed by atoms with Gasteiger partial charge in [-0.15, -0.1) is 0 Å². The van der Waals surface area contributed by atoms with E-state index in [1.54, 1.807) is 45.5 Å². The molecule has 1 atom stereocenters. The van der Waals surface area contributed by atoms with Crippen LogP contribution >= 0.6 is 0 Å². The molecule has 0 saturated heterocycles. The first-order valence-corrected chi connectivity index (χ1v) is 6.71. The Hall–Kier alpha value is -2.50. The van der Waals surface area contributed by atoms with Gasteiger partial charge in [-0.3, -0.25) is 4.79 Å². The molecule has 1 amide bonds. The molecule has 0 fully saturated rings. The molecule has 0 spiro atoms. The van der Waals surface area contributed by atoms with Crippen molar-refractivity contribution >= 4 is 18.0 Å². The predicted octanol–water partition coefficient (Wildman–Crippen LogP) is 1.74. The lowest BCUT2D eigenvalue weighted by molar-refractivity contribution is -0.153. The van der Waals surface area contributed by atoms with Crippen molar-refractivity contribution in [1.82, 2.24) is 4.90 Å². The molecule has 0 aromatic heterocycles. The Morgan fingerprint density at radius 3 is 2.41 bits per heavy atom. The smallest absolute Gasteiger partial charge is 0.331 e.